The fourth-order valence-electron chi connectivity index (χ4n) is 4.44. The summed E-state index contributed by atoms with van der Waals surface area (Å²) in [6, 6.07) is 6.49. The lowest BCUT2D eigenvalue weighted by atomic mass is 10.2. The maximum Gasteiger partial charge on any atom is 0.243 e. The van der Waals surface area contributed by atoms with Gasteiger partial charge in [-0.05, 0) is 56.0 Å². The zero-order valence-electron chi connectivity index (χ0n) is 18.3. The van der Waals surface area contributed by atoms with Gasteiger partial charge in [0.15, 0.2) is 16.8 Å². The molecule has 2 fully saturated rings. The fourth-order valence-corrected chi connectivity index (χ4v) is 7.01. The molecule has 11 heteroatoms. The first-order valence-corrected chi connectivity index (χ1v) is 13.6. The van der Waals surface area contributed by atoms with E-state index >= 15 is 0 Å². The molecule has 0 radical (unpaired) electrons. The first-order chi connectivity index (χ1) is 16.3. The van der Waals surface area contributed by atoms with Crippen molar-refractivity contribution in [3.63, 3.8) is 0 Å². The number of halogens is 3. The van der Waals surface area contributed by atoms with Gasteiger partial charge in [0.25, 0.3) is 0 Å². The van der Waals surface area contributed by atoms with Crippen molar-refractivity contribution in [2.45, 2.75) is 54.1 Å². The summed E-state index contributed by atoms with van der Waals surface area (Å²) in [5, 5.41) is 0.462. The van der Waals surface area contributed by atoms with Crippen molar-refractivity contribution in [2.24, 2.45) is 0 Å². The van der Waals surface area contributed by atoms with Gasteiger partial charge in [-0.15, -0.1) is 0 Å². The van der Waals surface area contributed by atoms with Crippen LogP contribution in [0, 0.1) is 17.5 Å². The molecule has 5 rings (SSSR count). The number of sulfonamides is 1. The van der Waals surface area contributed by atoms with Gasteiger partial charge in [0, 0.05) is 31.0 Å². The Morgan fingerprint density at radius 3 is 2.56 bits per heavy atom. The Kier molecular flexibility index (Phi) is 6.62. The van der Waals surface area contributed by atoms with Crippen LogP contribution in [0.1, 0.15) is 31.2 Å². The Morgan fingerprint density at radius 2 is 1.82 bits per heavy atom. The standard InChI is InChI=1S/C23H24F3N3O3S2/c24-18-6-7-19(25)22(26)17(18)14-33-23-27-20-12-16(34(30,31)28-9-1-2-10-28)5-8-21(20)29(23)13-15-4-3-11-32-15/h5-8,12,15H,1-4,9-11,13-14H2/t15-/m1/s1. The van der Waals surface area contributed by atoms with Gasteiger partial charge >= 0.3 is 0 Å². The largest absolute Gasteiger partial charge is 0.376 e. The van der Waals surface area contributed by atoms with Crippen LogP contribution in [0.4, 0.5) is 13.2 Å². The third-order valence-corrected chi connectivity index (χ3v) is 9.18. The molecule has 0 unspecified atom stereocenters. The van der Waals surface area contributed by atoms with E-state index in [4.69, 9.17) is 4.74 Å². The van der Waals surface area contributed by atoms with Crippen molar-refractivity contribution in [3.05, 3.63) is 53.3 Å². The van der Waals surface area contributed by atoms with Gasteiger partial charge in [-0.25, -0.2) is 26.6 Å². The van der Waals surface area contributed by atoms with Gasteiger partial charge in [0.2, 0.25) is 10.0 Å². The molecular weight excluding hydrogens is 487 g/mol. The molecule has 1 atom stereocenters. The smallest absolute Gasteiger partial charge is 0.243 e. The number of rotatable bonds is 7. The van der Waals surface area contributed by atoms with Crippen LogP contribution in [0.2, 0.25) is 0 Å². The van der Waals surface area contributed by atoms with E-state index in [9.17, 15) is 21.6 Å². The van der Waals surface area contributed by atoms with Crippen LogP contribution in [0.15, 0.2) is 40.4 Å². The normalized spacial score (nSPS) is 19.4. The van der Waals surface area contributed by atoms with E-state index in [0.717, 1.165) is 49.6 Å². The Morgan fingerprint density at radius 1 is 1.06 bits per heavy atom. The van der Waals surface area contributed by atoms with Crippen LogP contribution in [0.5, 0.6) is 0 Å². The van der Waals surface area contributed by atoms with Crippen LogP contribution in [0.25, 0.3) is 11.0 Å². The minimum Gasteiger partial charge on any atom is -0.376 e. The highest BCUT2D eigenvalue weighted by atomic mass is 32.2. The van der Waals surface area contributed by atoms with Crippen LogP contribution < -0.4 is 0 Å². The molecular formula is C23H24F3N3O3S2. The molecule has 0 N–H and O–H groups in total. The second-order valence-electron chi connectivity index (χ2n) is 8.51. The summed E-state index contributed by atoms with van der Waals surface area (Å²) in [5.41, 5.74) is 0.817. The number of imidazole rings is 1. The number of benzene rings is 2. The van der Waals surface area contributed by atoms with Gasteiger partial charge < -0.3 is 9.30 Å². The van der Waals surface area contributed by atoms with Gasteiger partial charge in [0.1, 0.15) is 5.82 Å². The Labute approximate surface area is 200 Å². The first kappa shape index (κ1) is 23.7. The second kappa shape index (κ2) is 9.52. The van der Waals surface area contributed by atoms with E-state index in [-0.39, 0.29) is 22.3 Å². The van der Waals surface area contributed by atoms with Crippen molar-refractivity contribution < 1.29 is 26.3 Å². The van der Waals surface area contributed by atoms with Crippen molar-refractivity contribution in [3.8, 4) is 0 Å². The summed E-state index contributed by atoms with van der Waals surface area (Å²) in [7, 11) is -3.62. The maximum atomic E-state index is 14.2. The van der Waals surface area contributed by atoms with Crippen LogP contribution >= 0.6 is 11.8 Å². The van der Waals surface area contributed by atoms with Crippen LogP contribution in [-0.2, 0) is 27.1 Å². The molecule has 3 heterocycles. The lowest BCUT2D eigenvalue weighted by molar-refractivity contribution is 0.0960. The highest BCUT2D eigenvalue weighted by Crippen LogP contribution is 2.32. The van der Waals surface area contributed by atoms with Crippen molar-refractivity contribution in [1.29, 1.82) is 0 Å². The molecule has 6 nitrogen and oxygen atoms in total. The monoisotopic (exact) mass is 511 g/mol. The second-order valence-corrected chi connectivity index (χ2v) is 11.4. The van der Waals surface area contributed by atoms with Crippen molar-refractivity contribution >= 4 is 32.8 Å². The van der Waals surface area contributed by atoms with Crippen LogP contribution in [0.3, 0.4) is 0 Å². The van der Waals surface area contributed by atoms with E-state index in [0.29, 0.717) is 42.4 Å². The van der Waals surface area contributed by atoms with Crippen LogP contribution in [-0.4, -0.2) is 48.1 Å². The molecule has 2 saturated heterocycles. The number of hydrogen-bond donors (Lipinski definition) is 0. The van der Waals surface area contributed by atoms with Gasteiger partial charge in [-0.1, -0.05) is 11.8 Å². The van der Waals surface area contributed by atoms with Gasteiger partial charge in [-0.3, -0.25) is 0 Å². The SMILES string of the molecule is O=S(=O)(c1ccc2c(c1)nc(SCc1c(F)ccc(F)c1F)n2C[C@H]1CCCO1)N1CCCC1. The molecule has 0 spiro atoms. The predicted molar refractivity (Wildman–Crippen MR) is 123 cm³/mol. The lowest BCUT2D eigenvalue weighted by Gasteiger charge is -2.16. The molecule has 182 valence electrons. The number of nitrogens with zero attached hydrogens (tertiary/aromatic N) is 3. The highest BCUT2D eigenvalue weighted by molar-refractivity contribution is 7.98. The Hall–Kier alpha value is -2.08. The molecule has 2 aliphatic rings. The predicted octanol–water partition coefficient (Wildman–Crippen LogP) is 4.71. The zero-order chi connectivity index (χ0) is 23.9. The molecule has 0 saturated carbocycles. The number of thioether (sulfide) groups is 1. The molecule has 0 bridgehead atoms. The first-order valence-electron chi connectivity index (χ1n) is 11.2. The Bertz CT molecular complexity index is 1320. The molecule has 0 amide bonds. The van der Waals surface area contributed by atoms with E-state index in [1.807, 2.05) is 4.57 Å². The van der Waals surface area contributed by atoms with Gasteiger partial charge in [0.05, 0.1) is 28.6 Å². The average Bonchev–Trinajstić information content (AvgIpc) is 3.59. The summed E-state index contributed by atoms with van der Waals surface area (Å²) >= 11 is 1.07. The van der Waals surface area contributed by atoms with E-state index in [1.165, 1.54) is 4.31 Å². The summed E-state index contributed by atoms with van der Waals surface area (Å²) < 4.78 is 77.1. The third kappa shape index (κ3) is 4.46. The average molecular weight is 512 g/mol. The van der Waals surface area contributed by atoms with E-state index < -0.39 is 27.5 Å². The molecule has 3 aromatic rings. The minimum absolute atomic E-state index is 0.0348. The zero-order valence-corrected chi connectivity index (χ0v) is 20.0. The number of fused-ring (bicyclic) bond motifs is 1. The molecule has 0 aliphatic carbocycles. The molecule has 1 aromatic heterocycles. The summed E-state index contributed by atoms with van der Waals surface area (Å²) in [5.74, 6) is -3.31. The fraction of sp³-hybridized carbons (Fsp3) is 0.435. The molecule has 2 aliphatic heterocycles. The van der Waals surface area contributed by atoms with Gasteiger partial charge in [-0.2, -0.15) is 4.31 Å². The van der Waals surface area contributed by atoms with E-state index in [1.54, 1.807) is 18.2 Å². The quantitative estimate of drug-likeness (QED) is 0.340. The minimum atomic E-state index is -3.62. The van der Waals surface area contributed by atoms with E-state index in [2.05, 4.69) is 4.98 Å². The summed E-state index contributed by atoms with van der Waals surface area (Å²) in [6.45, 7) is 2.14. The Balaban J connectivity index is 1.51. The lowest BCUT2D eigenvalue weighted by Crippen LogP contribution is -2.27. The summed E-state index contributed by atoms with van der Waals surface area (Å²) in [4.78, 5) is 4.77. The number of hydrogen-bond acceptors (Lipinski definition) is 5. The summed E-state index contributed by atoms with van der Waals surface area (Å²) in [6.07, 6.45) is 3.46. The van der Waals surface area contributed by atoms with Crippen molar-refractivity contribution in [2.75, 3.05) is 19.7 Å². The molecule has 2 aromatic carbocycles. The third-order valence-electron chi connectivity index (χ3n) is 6.28. The topological polar surface area (TPSA) is 64.4 Å². The van der Waals surface area contributed by atoms with Crippen molar-refractivity contribution in [1.82, 2.24) is 13.9 Å². The highest BCUT2D eigenvalue weighted by Gasteiger charge is 2.28. The number of aromatic nitrogens is 2. The number of ether oxygens (including phenoxy) is 1. The maximum absolute atomic E-state index is 14.2. The molecule has 34 heavy (non-hydrogen) atoms.